The van der Waals surface area contributed by atoms with E-state index in [2.05, 4.69) is 20.0 Å². The van der Waals surface area contributed by atoms with Crippen molar-refractivity contribution in [2.75, 3.05) is 24.6 Å². The third kappa shape index (κ3) is 5.02. The Kier molecular flexibility index (Phi) is 6.48. The lowest BCUT2D eigenvalue weighted by molar-refractivity contribution is -0.170. The van der Waals surface area contributed by atoms with E-state index in [0.29, 0.717) is 27.5 Å². The molecule has 38 heavy (non-hydrogen) atoms. The van der Waals surface area contributed by atoms with E-state index < -0.39 is 27.9 Å². The van der Waals surface area contributed by atoms with Crippen LogP contribution in [-0.2, 0) is 21.2 Å². The average molecular weight is 550 g/mol. The highest BCUT2D eigenvalue weighted by atomic mass is 32.2. The maximum absolute atomic E-state index is 13.2. The number of carbonyl (C=O) groups is 1. The number of alkyl halides is 3. The molecule has 15 heteroatoms. The molecule has 0 saturated carbocycles. The molecule has 0 aliphatic carbocycles. The maximum atomic E-state index is 13.2. The summed E-state index contributed by atoms with van der Waals surface area (Å²) in [7, 11) is -4.01. The molecule has 1 N–H and O–H groups in total. The highest BCUT2D eigenvalue weighted by Crippen LogP contribution is 2.33. The van der Waals surface area contributed by atoms with Gasteiger partial charge in [-0.2, -0.15) is 17.7 Å². The Labute approximate surface area is 212 Å². The Morgan fingerprint density at radius 1 is 1.05 bits per heavy atom. The Morgan fingerprint density at radius 2 is 1.82 bits per heavy atom. The van der Waals surface area contributed by atoms with Gasteiger partial charge in [0.05, 0.1) is 4.90 Å². The van der Waals surface area contributed by atoms with E-state index in [1.807, 2.05) is 0 Å². The molecule has 0 radical (unpaired) electrons. The number of sulfonamides is 1. The molecule has 2 aromatic heterocycles. The van der Waals surface area contributed by atoms with Crippen molar-refractivity contribution in [1.82, 2.24) is 24.5 Å². The van der Waals surface area contributed by atoms with E-state index in [0.717, 1.165) is 6.07 Å². The van der Waals surface area contributed by atoms with E-state index in [4.69, 9.17) is 4.74 Å². The molecule has 0 bridgehead atoms. The van der Waals surface area contributed by atoms with Crippen LogP contribution in [0.25, 0.3) is 17.0 Å². The molecule has 0 saturated heterocycles. The van der Waals surface area contributed by atoms with Gasteiger partial charge in [0.25, 0.3) is 0 Å². The lowest BCUT2D eigenvalue weighted by atomic mass is 10.2. The van der Waals surface area contributed by atoms with Crippen molar-refractivity contribution in [2.24, 2.45) is 0 Å². The predicted octanol–water partition coefficient (Wildman–Crippen LogP) is 2.74. The predicted molar refractivity (Wildman–Crippen MR) is 125 cm³/mol. The molecule has 1 amide bonds. The molecule has 2 aromatic carbocycles. The molecule has 5 rings (SSSR count). The maximum Gasteiger partial charge on any atom is 0.471 e. The molecular weight excluding hydrogens is 532 g/mol. The van der Waals surface area contributed by atoms with Crippen molar-refractivity contribution in [1.29, 1.82) is 0 Å². The first-order valence-corrected chi connectivity index (χ1v) is 12.6. The van der Waals surface area contributed by atoms with Gasteiger partial charge in [-0.3, -0.25) is 4.79 Å². The van der Waals surface area contributed by atoms with E-state index in [1.165, 1.54) is 47.0 Å². The largest absolute Gasteiger partial charge is 0.475 e. The number of halogens is 4. The highest BCUT2D eigenvalue weighted by Gasteiger charge is 2.44. The van der Waals surface area contributed by atoms with Crippen LogP contribution in [-0.4, -0.2) is 60.0 Å². The van der Waals surface area contributed by atoms with Gasteiger partial charge in [0.1, 0.15) is 12.4 Å². The monoisotopic (exact) mass is 550 g/mol. The fraction of sp³-hybridized carbons (Fsp3) is 0.217. The van der Waals surface area contributed by atoms with Crippen LogP contribution in [0.2, 0.25) is 0 Å². The second-order valence-corrected chi connectivity index (χ2v) is 9.98. The third-order valence-corrected chi connectivity index (χ3v) is 7.19. The highest BCUT2D eigenvalue weighted by molar-refractivity contribution is 7.89. The quantitative estimate of drug-likeness (QED) is 0.278. The minimum Gasteiger partial charge on any atom is -0.475 e. The van der Waals surface area contributed by atoms with Crippen molar-refractivity contribution >= 4 is 27.3 Å². The molecule has 1 aliphatic rings. The molecule has 0 unspecified atom stereocenters. The van der Waals surface area contributed by atoms with Crippen LogP contribution in [0.5, 0.6) is 5.88 Å². The number of hydrogen-bond donors (Lipinski definition) is 1. The minimum absolute atomic E-state index is 0.0325. The second kappa shape index (κ2) is 9.64. The van der Waals surface area contributed by atoms with Gasteiger partial charge >= 0.3 is 12.1 Å². The molecule has 1 aliphatic heterocycles. The number of aromatic nitrogens is 4. The van der Waals surface area contributed by atoms with Crippen LogP contribution in [0.3, 0.4) is 0 Å². The van der Waals surface area contributed by atoms with Gasteiger partial charge in [0.15, 0.2) is 11.5 Å². The topological polar surface area (TPSA) is 119 Å². The van der Waals surface area contributed by atoms with Crippen LogP contribution in [0.1, 0.15) is 5.56 Å². The number of hydrogen-bond acceptors (Lipinski definition) is 7. The number of carbonyl (C=O) groups excluding carboxylic acids is 1. The number of nitrogens with one attached hydrogen (secondary N) is 1. The van der Waals surface area contributed by atoms with Crippen LogP contribution >= 0.6 is 0 Å². The van der Waals surface area contributed by atoms with Gasteiger partial charge in [-0.05, 0) is 60.5 Å². The van der Waals surface area contributed by atoms with Crippen molar-refractivity contribution in [3.8, 4) is 17.3 Å². The summed E-state index contributed by atoms with van der Waals surface area (Å²) in [4.78, 5) is 12.0. The first-order valence-electron chi connectivity index (χ1n) is 11.2. The van der Waals surface area contributed by atoms with Crippen LogP contribution in [0.15, 0.2) is 59.5 Å². The normalized spacial score (nSPS) is 13.6. The zero-order chi connectivity index (χ0) is 27.1. The smallest absolute Gasteiger partial charge is 0.471 e. The molecule has 10 nitrogen and oxygen atoms in total. The van der Waals surface area contributed by atoms with Gasteiger partial charge in [-0.15, -0.1) is 15.3 Å². The van der Waals surface area contributed by atoms with Crippen molar-refractivity contribution < 1.29 is 35.5 Å². The van der Waals surface area contributed by atoms with Crippen LogP contribution < -0.4 is 14.4 Å². The second-order valence-electron chi connectivity index (χ2n) is 8.21. The van der Waals surface area contributed by atoms with Gasteiger partial charge in [0.2, 0.25) is 15.9 Å². The summed E-state index contributed by atoms with van der Waals surface area (Å²) in [5, 5.41) is 12.3. The van der Waals surface area contributed by atoms with E-state index in [1.54, 1.807) is 6.07 Å². The summed E-state index contributed by atoms with van der Waals surface area (Å²) in [5.41, 5.74) is 1.36. The zero-order valence-electron chi connectivity index (χ0n) is 19.3. The van der Waals surface area contributed by atoms with Gasteiger partial charge in [0, 0.05) is 30.4 Å². The zero-order valence-corrected chi connectivity index (χ0v) is 20.1. The summed E-state index contributed by atoms with van der Waals surface area (Å²) in [6.07, 6.45) is -4.93. The van der Waals surface area contributed by atoms with Crippen LogP contribution in [0.4, 0.5) is 23.2 Å². The summed E-state index contributed by atoms with van der Waals surface area (Å²) in [6.45, 7) is -0.416. The molecular formula is C23H18F4N6O4S. The lowest BCUT2D eigenvalue weighted by Crippen LogP contribution is -2.40. The van der Waals surface area contributed by atoms with Gasteiger partial charge < -0.3 is 9.64 Å². The molecule has 4 aromatic rings. The molecule has 0 atom stereocenters. The number of rotatable bonds is 7. The van der Waals surface area contributed by atoms with E-state index in [9.17, 15) is 30.8 Å². The van der Waals surface area contributed by atoms with E-state index in [-0.39, 0.29) is 42.6 Å². The number of fused-ring (bicyclic) bond motifs is 2. The molecule has 198 valence electrons. The standard InChI is InChI=1S/C23H18F4N6O4S/c24-16-3-1-14(2-4-16)21-30-29-19-7-8-20(31-33(19)21)37-12-10-28-38(35,36)17-5-6-18-15(13-17)9-11-32(18)22(34)23(25,26)27/h1-8,13,28H,9-12H2. The third-order valence-electron chi connectivity index (χ3n) is 5.73. The van der Waals surface area contributed by atoms with Crippen molar-refractivity contribution in [3.05, 3.63) is 66.0 Å². The molecule has 3 heterocycles. The SMILES string of the molecule is O=C(N1CCc2cc(S(=O)(=O)NCCOc3ccc4nnc(-c5ccc(F)cc5)n4n3)ccc21)C(F)(F)F. The summed E-state index contributed by atoms with van der Waals surface area (Å²) < 4.78 is 86.3. The number of ether oxygens (including phenoxy) is 1. The van der Waals surface area contributed by atoms with Crippen molar-refractivity contribution in [3.63, 3.8) is 0 Å². The lowest BCUT2D eigenvalue weighted by Gasteiger charge is -2.19. The first kappa shape index (κ1) is 25.5. The summed E-state index contributed by atoms with van der Waals surface area (Å²) in [6, 6.07) is 12.3. The number of anilines is 1. The van der Waals surface area contributed by atoms with Crippen molar-refractivity contribution in [2.45, 2.75) is 17.5 Å². The molecule has 0 fully saturated rings. The van der Waals surface area contributed by atoms with Crippen LogP contribution in [0, 0.1) is 5.82 Å². The van der Waals surface area contributed by atoms with Gasteiger partial charge in [-0.25, -0.2) is 17.5 Å². The Bertz CT molecular complexity index is 1620. The van der Waals surface area contributed by atoms with Gasteiger partial charge in [-0.1, -0.05) is 0 Å². The number of amides is 1. The Morgan fingerprint density at radius 3 is 2.55 bits per heavy atom. The average Bonchev–Trinajstić information content (AvgIpc) is 3.50. The fourth-order valence-electron chi connectivity index (χ4n) is 3.95. The minimum atomic E-state index is -5.02. The fourth-order valence-corrected chi connectivity index (χ4v) is 5.02. The number of benzene rings is 2. The summed E-state index contributed by atoms with van der Waals surface area (Å²) >= 11 is 0. The molecule has 0 spiro atoms. The van der Waals surface area contributed by atoms with E-state index >= 15 is 0 Å². The Balaban J connectivity index is 1.22. The first-order chi connectivity index (χ1) is 18.0. The number of nitrogens with zero attached hydrogens (tertiary/aromatic N) is 5. The summed E-state index contributed by atoms with van der Waals surface area (Å²) in [5.74, 6) is -1.88. The Hall–Kier alpha value is -4.11.